The molecule has 0 aliphatic carbocycles. The van der Waals surface area contributed by atoms with Crippen LogP contribution in [0.3, 0.4) is 0 Å². The van der Waals surface area contributed by atoms with Crippen molar-refractivity contribution >= 4 is 22.1 Å². The number of carbonyl (C=O) groups excluding carboxylic acids is 1. The molecule has 1 atom stereocenters. The first-order chi connectivity index (χ1) is 8.74. The van der Waals surface area contributed by atoms with Gasteiger partial charge in [0.05, 0.1) is 37.7 Å². The van der Waals surface area contributed by atoms with Crippen LogP contribution in [0.5, 0.6) is 0 Å². The molecule has 0 saturated carbocycles. The van der Waals surface area contributed by atoms with E-state index in [1.165, 1.54) is 0 Å². The summed E-state index contributed by atoms with van der Waals surface area (Å²) in [7, 11) is 1.86. The molecule has 20 heavy (non-hydrogen) atoms. The summed E-state index contributed by atoms with van der Waals surface area (Å²) >= 11 is 0. The molecular weight excluding hydrogens is 290 g/mol. The number of nitrogens with zero attached hydrogens (tertiary/aromatic N) is 1. The van der Waals surface area contributed by atoms with Gasteiger partial charge in [-0.3, -0.25) is 9.59 Å². The standard InChI is InChI=1S/C10H19NO4.CH4O3S/c1-5-10(14)15-8(6-9(12)13)7-11(2,3)4;1-5(2,3)4/h8H,5-7H2,1-4H3;1H3,(H,2,3,4)/t8-;/m1./s1. The van der Waals surface area contributed by atoms with Gasteiger partial charge in [-0.25, -0.2) is 8.42 Å². The van der Waals surface area contributed by atoms with E-state index in [0.29, 0.717) is 17.3 Å². The summed E-state index contributed by atoms with van der Waals surface area (Å²) in [5.74, 6) is -1.30. The Hall–Kier alpha value is -1.19. The summed E-state index contributed by atoms with van der Waals surface area (Å²) in [6, 6.07) is 0. The minimum absolute atomic E-state index is 0.138. The largest absolute Gasteiger partial charge is 0.748 e. The van der Waals surface area contributed by atoms with E-state index < -0.39 is 22.2 Å². The first-order valence-corrected chi connectivity index (χ1v) is 7.69. The number of quaternary nitrogens is 1. The van der Waals surface area contributed by atoms with Gasteiger partial charge in [0.1, 0.15) is 6.54 Å². The van der Waals surface area contributed by atoms with Gasteiger partial charge >= 0.3 is 11.9 Å². The zero-order valence-electron chi connectivity index (χ0n) is 12.5. The third-order valence-electron chi connectivity index (χ3n) is 1.74. The number of esters is 1. The molecule has 0 spiro atoms. The average Bonchev–Trinajstić information content (AvgIpc) is 2.10. The van der Waals surface area contributed by atoms with E-state index in [9.17, 15) is 9.59 Å². The molecule has 0 fully saturated rings. The SMILES string of the molecule is CCC(=O)O[C@H](CC(=O)O)C[N+](C)(C)C.CS(=O)(=O)[O-]. The molecule has 9 heteroatoms. The lowest BCUT2D eigenvalue weighted by Crippen LogP contribution is -2.43. The van der Waals surface area contributed by atoms with Crippen molar-refractivity contribution in [1.29, 1.82) is 0 Å². The highest BCUT2D eigenvalue weighted by Gasteiger charge is 2.23. The highest BCUT2D eigenvalue weighted by atomic mass is 32.2. The van der Waals surface area contributed by atoms with Crippen molar-refractivity contribution in [2.24, 2.45) is 0 Å². The first kappa shape index (κ1) is 21.1. The summed E-state index contributed by atoms with van der Waals surface area (Å²) in [5.41, 5.74) is 0. The maximum Gasteiger partial charge on any atom is 0.307 e. The Balaban J connectivity index is 0. The highest BCUT2D eigenvalue weighted by Crippen LogP contribution is 2.06. The van der Waals surface area contributed by atoms with Gasteiger partial charge < -0.3 is 18.9 Å². The van der Waals surface area contributed by atoms with Crippen LogP contribution < -0.4 is 0 Å². The summed E-state index contributed by atoms with van der Waals surface area (Å²) in [6.45, 7) is 2.18. The molecule has 0 aromatic heterocycles. The molecule has 0 aliphatic heterocycles. The summed E-state index contributed by atoms with van der Waals surface area (Å²) in [5, 5.41) is 8.67. The number of carboxylic acids is 1. The van der Waals surface area contributed by atoms with Crippen LogP contribution in [-0.4, -0.2) is 74.5 Å². The van der Waals surface area contributed by atoms with Crippen LogP contribution in [0, 0.1) is 0 Å². The number of ether oxygens (including phenoxy) is 1. The van der Waals surface area contributed by atoms with Gasteiger partial charge in [-0.15, -0.1) is 0 Å². The van der Waals surface area contributed by atoms with Crippen LogP contribution in [0.15, 0.2) is 0 Å². The topological polar surface area (TPSA) is 121 Å². The van der Waals surface area contributed by atoms with E-state index in [1.54, 1.807) is 6.92 Å². The molecule has 120 valence electrons. The molecule has 8 nitrogen and oxygen atoms in total. The number of likely N-dealkylation sites (N-methyl/N-ethyl adjacent to an activating group) is 1. The molecule has 0 rings (SSSR count). The molecule has 0 radical (unpaired) electrons. The summed E-state index contributed by atoms with van der Waals surface area (Å²) < 4.78 is 32.8. The van der Waals surface area contributed by atoms with E-state index in [0.717, 1.165) is 0 Å². The Morgan fingerprint density at radius 2 is 1.70 bits per heavy atom. The van der Waals surface area contributed by atoms with E-state index >= 15 is 0 Å². The fourth-order valence-corrected chi connectivity index (χ4v) is 1.22. The van der Waals surface area contributed by atoms with Crippen molar-refractivity contribution in [3.05, 3.63) is 0 Å². The average molecular weight is 313 g/mol. The van der Waals surface area contributed by atoms with Crippen LogP contribution in [0.25, 0.3) is 0 Å². The summed E-state index contributed by atoms with van der Waals surface area (Å²) in [6.07, 6.45) is 0.191. The molecule has 0 aromatic carbocycles. The lowest BCUT2D eigenvalue weighted by molar-refractivity contribution is -0.873. The monoisotopic (exact) mass is 313 g/mol. The molecule has 0 bridgehead atoms. The molecule has 0 aliphatic rings. The zero-order chi connectivity index (χ0) is 16.6. The second-order valence-corrected chi connectivity index (χ2v) is 6.65. The third-order valence-corrected chi connectivity index (χ3v) is 1.74. The van der Waals surface area contributed by atoms with Gasteiger partial charge in [-0.05, 0) is 0 Å². The first-order valence-electron chi connectivity index (χ1n) is 5.87. The Labute approximate surface area is 119 Å². The maximum absolute atomic E-state index is 11.1. The Kier molecular flexibility index (Phi) is 9.37. The van der Waals surface area contributed by atoms with Crippen molar-refractivity contribution in [2.75, 3.05) is 33.9 Å². The zero-order valence-corrected chi connectivity index (χ0v) is 13.3. The molecule has 0 aromatic rings. The van der Waals surface area contributed by atoms with E-state index in [1.807, 2.05) is 21.1 Å². The number of carboxylic acid groups (broad SMARTS) is 1. The minimum atomic E-state index is -3.92. The number of aliphatic carboxylic acids is 1. The van der Waals surface area contributed by atoms with Crippen molar-refractivity contribution < 1.29 is 36.9 Å². The predicted molar refractivity (Wildman–Crippen MR) is 70.9 cm³/mol. The van der Waals surface area contributed by atoms with Crippen molar-refractivity contribution in [3.63, 3.8) is 0 Å². The van der Waals surface area contributed by atoms with Gasteiger partial charge in [0, 0.05) is 12.7 Å². The summed E-state index contributed by atoms with van der Waals surface area (Å²) in [4.78, 5) is 21.6. The second kappa shape index (κ2) is 8.88. The second-order valence-electron chi connectivity index (χ2n) is 5.24. The smallest absolute Gasteiger partial charge is 0.307 e. The predicted octanol–water partition coefficient (Wildman–Crippen LogP) is -0.349. The molecule has 0 saturated heterocycles. The lowest BCUT2D eigenvalue weighted by atomic mass is 10.2. The van der Waals surface area contributed by atoms with Gasteiger partial charge in [0.2, 0.25) is 0 Å². The molecule has 0 heterocycles. The highest BCUT2D eigenvalue weighted by molar-refractivity contribution is 7.84. The van der Waals surface area contributed by atoms with Crippen LogP contribution in [0.1, 0.15) is 19.8 Å². The number of rotatable bonds is 6. The molecule has 1 N–H and O–H groups in total. The Bertz CT molecular complexity index is 403. The van der Waals surface area contributed by atoms with Crippen molar-refractivity contribution in [3.8, 4) is 0 Å². The van der Waals surface area contributed by atoms with Crippen molar-refractivity contribution in [1.82, 2.24) is 0 Å². The number of carbonyl (C=O) groups is 2. The number of hydrogen-bond acceptors (Lipinski definition) is 6. The molecule has 0 amide bonds. The van der Waals surface area contributed by atoms with Gasteiger partial charge in [-0.1, -0.05) is 6.92 Å². The normalized spacial score (nSPS) is 12.9. The van der Waals surface area contributed by atoms with Crippen LogP contribution >= 0.6 is 0 Å². The van der Waals surface area contributed by atoms with Crippen LogP contribution in [-0.2, 0) is 24.4 Å². The third kappa shape index (κ3) is 22.0. The van der Waals surface area contributed by atoms with E-state index in [2.05, 4.69) is 0 Å². The Morgan fingerprint density at radius 1 is 1.30 bits per heavy atom. The van der Waals surface area contributed by atoms with Gasteiger partial charge in [0.15, 0.2) is 6.10 Å². The fraction of sp³-hybridized carbons (Fsp3) is 0.818. The molecular formula is C11H23NO7S. The minimum Gasteiger partial charge on any atom is -0.748 e. The van der Waals surface area contributed by atoms with E-state index in [4.69, 9.17) is 22.8 Å². The van der Waals surface area contributed by atoms with Gasteiger partial charge in [0.25, 0.3) is 0 Å². The molecule has 0 unspecified atom stereocenters. The quantitative estimate of drug-likeness (QED) is 0.404. The van der Waals surface area contributed by atoms with E-state index in [-0.39, 0.29) is 18.8 Å². The van der Waals surface area contributed by atoms with Crippen LogP contribution in [0.4, 0.5) is 0 Å². The number of hydrogen-bond donors (Lipinski definition) is 1. The Morgan fingerprint density at radius 3 is 1.95 bits per heavy atom. The van der Waals surface area contributed by atoms with Crippen molar-refractivity contribution in [2.45, 2.75) is 25.9 Å². The lowest BCUT2D eigenvalue weighted by Gasteiger charge is -2.28. The fourth-order valence-electron chi connectivity index (χ4n) is 1.22. The van der Waals surface area contributed by atoms with Gasteiger partial charge in [-0.2, -0.15) is 0 Å². The maximum atomic E-state index is 11.1. The van der Waals surface area contributed by atoms with Crippen LogP contribution in [0.2, 0.25) is 0 Å².